The van der Waals surface area contributed by atoms with E-state index in [0.29, 0.717) is 30.2 Å². The summed E-state index contributed by atoms with van der Waals surface area (Å²) in [6, 6.07) is 2.96. The number of hydrogen-bond acceptors (Lipinski definition) is 6. The summed E-state index contributed by atoms with van der Waals surface area (Å²) < 4.78 is 5.34. The van der Waals surface area contributed by atoms with Crippen molar-refractivity contribution in [1.29, 1.82) is 0 Å². The number of nitrogens with zero attached hydrogens (tertiary/aromatic N) is 2. The first kappa shape index (κ1) is 14.6. The molecular weight excluding hydrogens is 290 g/mol. The van der Waals surface area contributed by atoms with Crippen LogP contribution in [0.25, 0.3) is 0 Å². The lowest BCUT2D eigenvalue weighted by atomic mass is 9.97. The summed E-state index contributed by atoms with van der Waals surface area (Å²) in [6.45, 7) is 1.36. The Morgan fingerprint density at radius 3 is 2.77 bits per heavy atom. The van der Waals surface area contributed by atoms with E-state index in [0.717, 1.165) is 12.8 Å². The van der Waals surface area contributed by atoms with Gasteiger partial charge in [0.2, 0.25) is 0 Å². The summed E-state index contributed by atoms with van der Waals surface area (Å²) >= 11 is 0. The van der Waals surface area contributed by atoms with Gasteiger partial charge in [0.05, 0.1) is 10.6 Å². The van der Waals surface area contributed by atoms with Gasteiger partial charge in [-0.3, -0.25) is 14.9 Å². The number of aliphatic hydroxyl groups excluding tert-OH is 1. The zero-order valence-corrected chi connectivity index (χ0v) is 11.9. The van der Waals surface area contributed by atoms with E-state index < -0.39 is 4.92 Å². The Kier molecular flexibility index (Phi) is 3.84. The topological polar surface area (TPSA) is 105 Å². The standard InChI is InChI=1S/C14H17N3O5/c18-7-9-1-3-16(4-2-9)11-6-13-10(5-12(11)17(20)21)15-14(19)8-22-13/h5-6,9,18H,1-4,7-8H2,(H,15,19). The molecule has 0 atom stereocenters. The number of carbonyl (C=O) groups is 1. The van der Waals surface area contributed by atoms with Crippen molar-refractivity contribution in [2.24, 2.45) is 5.92 Å². The van der Waals surface area contributed by atoms with Crippen LogP contribution in [0.2, 0.25) is 0 Å². The van der Waals surface area contributed by atoms with Crippen molar-refractivity contribution < 1.29 is 19.6 Å². The maximum Gasteiger partial charge on any atom is 0.294 e. The molecule has 22 heavy (non-hydrogen) atoms. The van der Waals surface area contributed by atoms with Gasteiger partial charge in [0.25, 0.3) is 11.6 Å². The highest BCUT2D eigenvalue weighted by atomic mass is 16.6. The molecule has 8 heteroatoms. The predicted molar refractivity (Wildman–Crippen MR) is 79.2 cm³/mol. The van der Waals surface area contributed by atoms with Gasteiger partial charge in [-0.1, -0.05) is 0 Å². The van der Waals surface area contributed by atoms with Crippen LogP contribution in [-0.2, 0) is 4.79 Å². The van der Waals surface area contributed by atoms with Gasteiger partial charge in [-0.2, -0.15) is 0 Å². The summed E-state index contributed by atoms with van der Waals surface area (Å²) in [6.07, 6.45) is 1.59. The number of amides is 1. The minimum Gasteiger partial charge on any atom is -0.481 e. The van der Waals surface area contributed by atoms with Crippen molar-refractivity contribution in [1.82, 2.24) is 0 Å². The molecule has 118 valence electrons. The summed E-state index contributed by atoms with van der Waals surface area (Å²) in [7, 11) is 0. The fraction of sp³-hybridized carbons (Fsp3) is 0.500. The normalized spacial score (nSPS) is 18.4. The number of benzene rings is 1. The van der Waals surface area contributed by atoms with Crippen LogP contribution in [0.3, 0.4) is 0 Å². The fourth-order valence-electron chi connectivity index (χ4n) is 2.86. The molecule has 0 radical (unpaired) electrons. The maximum atomic E-state index is 11.3. The lowest BCUT2D eigenvalue weighted by molar-refractivity contribution is -0.384. The lowest BCUT2D eigenvalue weighted by Gasteiger charge is -2.33. The summed E-state index contributed by atoms with van der Waals surface area (Å²) in [5, 5.41) is 23.1. The third-order valence-corrected chi connectivity index (χ3v) is 4.12. The summed E-state index contributed by atoms with van der Waals surface area (Å²) in [5.74, 6) is 0.381. The van der Waals surface area contributed by atoms with Crippen LogP contribution in [0.1, 0.15) is 12.8 Å². The minimum atomic E-state index is -0.450. The van der Waals surface area contributed by atoms with Crippen molar-refractivity contribution in [3.05, 3.63) is 22.2 Å². The molecule has 1 amide bonds. The molecular formula is C14H17N3O5. The van der Waals surface area contributed by atoms with E-state index in [1.807, 2.05) is 4.90 Å². The first-order valence-electron chi connectivity index (χ1n) is 7.19. The second kappa shape index (κ2) is 5.80. The molecule has 8 nitrogen and oxygen atoms in total. The van der Waals surface area contributed by atoms with Crippen molar-refractivity contribution in [2.75, 3.05) is 36.5 Å². The number of hydrogen-bond donors (Lipinski definition) is 2. The minimum absolute atomic E-state index is 0.0491. The third-order valence-electron chi connectivity index (χ3n) is 4.12. The Morgan fingerprint density at radius 1 is 1.41 bits per heavy atom. The van der Waals surface area contributed by atoms with Crippen LogP contribution in [-0.4, -0.2) is 42.2 Å². The van der Waals surface area contributed by atoms with Gasteiger partial charge in [-0.15, -0.1) is 0 Å². The first-order valence-corrected chi connectivity index (χ1v) is 7.19. The summed E-state index contributed by atoms with van der Waals surface area (Å²) in [5.41, 5.74) is 0.778. The van der Waals surface area contributed by atoms with Gasteiger partial charge in [0.15, 0.2) is 6.61 Å². The van der Waals surface area contributed by atoms with Gasteiger partial charge >= 0.3 is 0 Å². The van der Waals surface area contributed by atoms with E-state index in [-0.39, 0.29) is 30.7 Å². The van der Waals surface area contributed by atoms with Gasteiger partial charge in [-0.25, -0.2) is 0 Å². The van der Waals surface area contributed by atoms with E-state index in [9.17, 15) is 20.0 Å². The van der Waals surface area contributed by atoms with Crippen LogP contribution in [0.5, 0.6) is 5.75 Å². The Labute approximate surface area is 126 Å². The molecule has 0 bridgehead atoms. The van der Waals surface area contributed by atoms with E-state index in [2.05, 4.69) is 5.32 Å². The molecule has 2 aliphatic heterocycles. The molecule has 0 spiro atoms. The van der Waals surface area contributed by atoms with E-state index in [1.165, 1.54) is 6.07 Å². The number of carbonyl (C=O) groups excluding carboxylic acids is 1. The molecule has 2 N–H and O–H groups in total. The molecule has 1 saturated heterocycles. The number of fused-ring (bicyclic) bond motifs is 1. The Balaban J connectivity index is 1.93. The number of aliphatic hydroxyl groups is 1. The molecule has 1 aromatic rings. The van der Waals surface area contributed by atoms with Crippen molar-refractivity contribution in [3.63, 3.8) is 0 Å². The van der Waals surface area contributed by atoms with E-state index in [1.54, 1.807) is 6.07 Å². The second-order valence-electron chi connectivity index (χ2n) is 5.54. The highest BCUT2D eigenvalue weighted by molar-refractivity contribution is 5.96. The second-order valence-corrected chi connectivity index (χ2v) is 5.54. The zero-order valence-electron chi connectivity index (χ0n) is 11.9. The smallest absolute Gasteiger partial charge is 0.294 e. The van der Waals surface area contributed by atoms with E-state index >= 15 is 0 Å². The number of nitro benzene ring substituents is 1. The number of piperidine rings is 1. The number of ether oxygens (including phenoxy) is 1. The average molecular weight is 307 g/mol. The largest absolute Gasteiger partial charge is 0.481 e. The van der Waals surface area contributed by atoms with Gasteiger partial charge in [0, 0.05) is 31.8 Å². The molecule has 2 aliphatic rings. The molecule has 1 fully saturated rings. The lowest BCUT2D eigenvalue weighted by Crippen LogP contribution is -2.35. The molecule has 0 unspecified atom stereocenters. The van der Waals surface area contributed by atoms with Crippen LogP contribution in [0, 0.1) is 16.0 Å². The van der Waals surface area contributed by atoms with Crippen molar-refractivity contribution in [3.8, 4) is 5.75 Å². The number of rotatable bonds is 3. The molecule has 2 heterocycles. The van der Waals surface area contributed by atoms with Gasteiger partial charge in [0.1, 0.15) is 11.4 Å². The van der Waals surface area contributed by atoms with Crippen LogP contribution < -0.4 is 15.0 Å². The zero-order chi connectivity index (χ0) is 15.7. The average Bonchev–Trinajstić information content (AvgIpc) is 2.53. The van der Waals surface area contributed by atoms with Gasteiger partial charge < -0.3 is 20.1 Å². The highest BCUT2D eigenvalue weighted by Crippen LogP contribution is 2.40. The Bertz CT molecular complexity index is 611. The molecule has 0 aliphatic carbocycles. The first-order chi connectivity index (χ1) is 10.6. The fourth-order valence-corrected chi connectivity index (χ4v) is 2.86. The van der Waals surface area contributed by atoms with Crippen LogP contribution >= 0.6 is 0 Å². The van der Waals surface area contributed by atoms with Gasteiger partial charge in [-0.05, 0) is 18.8 Å². The van der Waals surface area contributed by atoms with Crippen molar-refractivity contribution in [2.45, 2.75) is 12.8 Å². The monoisotopic (exact) mass is 307 g/mol. The third kappa shape index (κ3) is 2.69. The SMILES string of the molecule is O=C1COc2cc(N3CCC(CO)CC3)c([N+](=O)[O-])cc2N1. The van der Waals surface area contributed by atoms with Crippen LogP contribution in [0.4, 0.5) is 17.1 Å². The number of nitrogens with one attached hydrogen (secondary N) is 1. The Morgan fingerprint density at radius 2 is 2.14 bits per heavy atom. The number of anilines is 2. The number of nitro groups is 1. The molecule has 1 aromatic carbocycles. The highest BCUT2D eigenvalue weighted by Gasteiger charge is 2.28. The predicted octanol–water partition coefficient (Wildman–Crippen LogP) is 1.13. The van der Waals surface area contributed by atoms with Crippen LogP contribution in [0.15, 0.2) is 12.1 Å². The quantitative estimate of drug-likeness (QED) is 0.641. The van der Waals surface area contributed by atoms with E-state index in [4.69, 9.17) is 4.74 Å². The maximum absolute atomic E-state index is 11.3. The molecule has 0 aromatic heterocycles. The van der Waals surface area contributed by atoms with Crippen molar-refractivity contribution >= 4 is 23.0 Å². The molecule has 0 saturated carbocycles. The Hall–Kier alpha value is -2.35. The summed E-state index contributed by atoms with van der Waals surface area (Å²) in [4.78, 5) is 24.1. The molecule has 3 rings (SSSR count).